The number of hydrogen-bond donors (Lipinski definition) is 1. The Balaban J connectivity index is 1.57. The van der Waals surface area contributed by atoms with Gasteiger partial charge < -0.3 is 10.1 Å². The van der Waals surface area contributed by atoms with Crippen LogP contribution in [0.4, 0.5) is 8.78 Å². The molecular formula is C27H24F2N2O. The molecule has 162 valence electrons. The first-order chi connectivity index (χ1) is 15.5. The summed E-state index contributed by atoms with van der Waals surface area (Å²) in [4.78, 5) is 0. The van der Waals surface area contributed by atoms with Crippen molar-refractivity contribution in [2.75, 3.05) is 13.1 Å². The third-order valence-electron chi connectivity index (χ3n) is 6.91. The predicted octanol–water partition coefficient (Wildman–Crippen LogP) is 5.51. The van der Waals surface area contributed by atoms with Gasteiger partial charge in [-0.15, -0.1) is 0 Å². The van der Waals surface area contributed by atoms with Gasteiger partial charge in [0.1, 0.15) is 5.60 Å². The Morgan fingerprint density at radius 2 is 1.94 bits per heavy atom. The fourth-order valence-electron chi connectivity index (χ4n) is 5.38. The number of halogens is 2. The molecule has 0 aliphatic carbocycles. The number of nitriles is 1. The van der Waals surface area contributed by atoms with E-state index in [4.69, 9.17) is 4.74 Å². The quantitative estimate of drug-likeness (QED) is 0.596. The summed E-state index contributed by atoms with van der Waals surface area (Å²) in [5, 5.41) is 12.6. The maximum absolute atomic E-state index is 14.2. The molecule has 3 aromatic rings. The summed E-state index contributed by atoms with van der Waals surface area (Å²) in [5.74, 6) is -1.68. The zero-order valence-corrected chi connectivity index (χ0v) is 17.9. The third-order valence-corrected chi connectivity index (χ3v) is 6.91. The Bertz CT molecular complexity index is 1230. The lowest BCUT2D eigenvalue weighted by atomic mass is 9.72. The van der Waals surface area contributed by atoms with Crippen molar-refractivity contribution in [1.29, 1.82) is 5.26 Å². The topological polar surface area (TPSA) is 45.0 Å². The van der Waals surface area contributed by atoms with Crippen molar-refractivity contribution in [1.82, 2.24) is 5.32 Å². The van der Waals surface area contributed by atoms with E-state index in [1.165, 1.54) is 12.1 Å². The lowest BCUT2D eigenvalue weighted by Crippen LogP contribution is -2.46. The smallest absolute Gasteiger partial charge is 0.159 e. The molecule has 0 amide bonds. The SMILES string of the molecule is Cc1cc(-c2ccccc2CC#N)ccc1C1CNCCC12OCc1cc(F)c(F)cc12. The highest BCUT2D eigenvalue weighted by atomic mass is 19.2. The minimum absolute atomic E-state index is 0.0224. The number of piperidine rings is 1. The number of rotatable bonds is 3. The molecule has 3 aromatic carbocycles. The van der Waals surface area contributed by atoms with Crippen LogP contribution in [-0.4, -0.2) is 13.1 Å². The van der Waals surface area contributed by atoms with E-state index in [0.29, 0.717) is 26.0 Å². The summed E-state index contributed by atoms with van der Waals surface area (Å²) >= 11 is 0. The molecule has 1 N–H and O–H groups in total. The van der Waals surface area contributed by atoms with Crippen molar-refractivity contribution in [3.05, 3.63) is 94.0 Å². The van der Waals surface area contributed by atoms with E-state index in [-0.39, 0.29) is 5.92 Å². The second-order valence-electron chi connectivity index (χ2n) is 8.67. The standard InChI is InChI=1S/C27H24F2N2O/c1-17-12-19(22-5-3-2-4-18(22)8-10-30)6-7-21(17)24-15-31-11-9-27(24)23-14-26(29)25(28)13-20(23)16-32-27/h2-7,12-14,24,31H,8-9,11,15-16H2,1H3. The van der Waals surface area contributed by atoms with Crippen molar-refractivity contribution >= 4 is 0 Å². The van der Waals surface area contributed by atoms with Gasteiger partial charge in [0.2, 0.25) is 0 Å². The van der Waals surface area contributed by atoms with Gasteiger partial charge in [-0.3, -0.25) is 0 Å². The first-order valence-electron chi connectivity index (χ1n) is 10.9. The second kappa shape index (κ2) is 8.12. The van der Waals surface area contributed by atoms with Gasteiger partial charge >= 0.3 is 0 Å². The van der Waals surface area contributed by atoms with Crippen LogP contribution in [0.3, 0.4) is 0 Å². The van der Waals surface area contributed by atoms with Crippen molar-refractivity contribution in [2.24, 2.45) is 0 Å². The number of aryl methyl sites for hydroxylation is 1. The molecule has 5 heteroatoms. The zero-order chi connectivity index (χ0) is 22.3. The summed E-state index contributed by atoms with van der Waals surface area (Å²) in [7, 11) is 0. The van der Waals surface area contributed by atoms with Crippen LogP contribution < -0.4 is 5.32 Å². The average molecular weight is 430 g/mol. The normalized spacial score (nSPS) is 22.0. The van der Waals surface area contributed by atoms with E-state index >= 15 is 0 Å². The van der Waals surface area contributed by atoms with Gasteiger partial charge in [-0.2, -0.15) is 5.26 Å². The molecule has 0 aromatic heterocycles. The van der Waals surface area contributed by atoms with Gasteiger partial charge in [-0.1, -0.05) is 42.5 Å². The van der Waals surface area contributed by atoms with Crippen molar-refractivity contribution < 1.29 is 13.5 Å². The molecule has 2 heterocycles. The van der Waals surface area contributed by atoms with Crippen LogP contribution >= 0.6 is 0 Å². The molecule has 3 nitrogen and oxygen atoms in total. The molecule has 2 aliphatic heterocycles. The molecule has 0 radical (unpaired) electrons. The summed E-state index contributed by atoms with van der Waals surface area (Å²) < 4.78 is 34.4. The summed E-state index contributed by atoms with van der Waals surface area (Å²) in [6.45, 7) is 3.83. The number of nitrogens with zero attached hydrogens (tertiary/aromatic N) is 1. The Morgan fingerprint density at radius 1 is 1.12 bits per heavy atom. The molecular weight excluding hydrogens is 406 g/mol. The number of nitrogens with one attached hydrogen (secondary N) is 1. The fraction of sp³-hybridized carbons (Fsp3) is 0.296. The molecule has 0 bridgehead atoms. The molecule has 2 unspecified atom stereocenters. The predicted molar refractivity (Wildman–Crippen MR) is 119 cm³/mol. The van der Waals surface area contributed by atoms with E-state index in [1.54, 1.807) is 0 Å². The van der Waals surface area contributed by atoms with Gasteiger partial charge in [0, 0.05) is 12.5 Å². The first-order valence-corrected chi connectivity index (χ1v) is 10.9. The molecule has 0 saturated carbocycles. The number of fused-ring (bicyclic) bond motifs is 2. The van der Waals surface area contributed by atoms with E-state index in [9.17, 15) is 14.0 Å². The molecule has 32 heavy (non-hydrogen) atoms. The lowest BCUT2D eigenvalue weighted by Gasteiger charge is -2.42. The monoisotopic (exact) mass is 430 g/mol. The fourth-order valence-corrected chi connectivity index (χ4v) is 5.38. The van der Waals surface area contributed by atoms with Crippen LogP contribution in [-0.2, 0) is 23.4 Å². The van der Waals surface area contributed by atoms with E-state index < -0.39 is 17.2 Å². The Morgan fingerprint density at radius 3 is 2.75 bits per heavy atom. The number of hydrogen-bond acceptors (Lipinski definition) is 3. The van der Waals surface area contributed by atoms with Crippen LogP contribution in [0.5, 0.6) is 0 Å². The molecule has 1 spiro atoms. The van der Waals surface area contributed by atoms with Crippen LogP contribution in [0.2, 0.25) is 0 Å². The highest BCUT2D eigenvalue weighted by molar-refractivity contribution is 5.69. The first kappa shape index (κ1) is 20.8. The third kappa shape index (κ3) is 3.31. The van der Waals surface area contributed by atoms with Crippen molar-refractivity contribution in [3.63, 3.8) is 0 Å². The zero-order valence-electron chi connectivity index (χ0n) is 17.9. The Kier molecular flexibility index (Phi) is 5.28. The van der Waals surface area contributed by atoms with E-state index in [2.05, 4.69) is 36.5 Å². The highest BCUT2D eigenvalue weighted by Gasteiger charge is 2.49. The van der Waals surface area contributed by atoms with Crippen LogP contribution in [0.1, 0.15) is 40.2 Å². The second-order valence-corrected chi connectivity index (χ2v) is 8.67. The Labute approximate surface area is 186 Å². The largest absolute Gasteiger partial charge is 0.365 e. The Hall–Kier alpha value is -3.07. The van der Waals surface area contributed by atoms with Gasteiger partial charge in [0.05, 0.1) is 19.1 Å². The van der Waals surface area contributed by atoms with Crippen molar-refractivity contribution in [2.45, 2.75) is 37.9 Å². The molecule has 1 saturated heterocycles. The van der Waals surface area contributed by atoms with Crippen LogP contribution in [0, 0.1) is 29.9 Å². The van der Waals surface area contributed by atoms with Gasteiger partial charge in [0.15, 0.2) is 11.6 Å². The maximum atomic E-state index is 14.2. The van der Waals surface area contributed by atoms with Gasteiger partial charge in [0.25, 0.3) is 0 Å². The minimum Gasteiger partial charge on any atom is -0.365 e. The number of benzene rings is 3. The van der Waals surface area contributed by atoms with Crippen molar-refractivity contribution in [3.8, 4) is 17.2 Å². The number of ether oxygens (including phenoxy) is 1. The van der Waals surface area contributed by atoms with Crippen LogP contribution in [0.15, 0.2) is 54.6 Å². The molecule has 2 atom stereocenters. The average Bonchev–Trinajstić information content (AvgIpc) is 3.13. The highest BCUT2D eigenvalue weighted by Crippen LogP contribution is 2.51. The summed E-state index contributed by atoms with van der Waals surface area (Å²) in [6, 6.07) is 19.2. The lowest BCUT2D eigenvalue weighted by molar-refractivity contribution is -0.0750. The molecule has 1 fully saturated rings. The van der Waals surface area contributed by atoms with Gasteiger partial charge in [-0.05, 0) is 71.0 Å². The molecule has 2 aliphatic rings. The minimum atomic E-state index is -0.827. The summed E-state index contributed by atoms with van der Waals surface area (Å²) in [6.07, 6.45) is 1.06. The maximum Gasteiger partial charge on any atom is 0.159 e. The van der Waals surface area contributed by atoms with E-state index in [0.717, 1.165) is 45.5 Å². The summed E-state index contributed by atoms with van der Waals surface area (Å²) in [5.41, 5.74) is 6.21. The molecule has 5 rings (SSSR count). The van der Waals surface area contributed by atoms with E-state index in [1.807, 2.05) is 24.3 Å². The van der Waals surface area contributed by atoms with Gasteiger partial charge in [-0.25, -0.2) is 8.78 Å². The van der Waals surface area contributed by atoms with Crippen LogP contribution in [0.25, 0.3) is 11.1 Å².